The number of hydrogen-bond donors (Lipinski definition) is 2. The number of carbonyl (C=O) groups is 2. The zero-order valence-corrected chi connectivity index (χ0v) is 18.9. The van der Waals surface area contributed by atoms with Crippen molar-refractivity contribution in [1.82, 2.24) is 15.2 Å². The van der Waals surface area contributed by atoms with Gasteiger partial charge >= 0.3 is 6.09 Å². The molecule has 1 aliphatic rings. The average Bonchev–Trinajstić information content (AvgIpc) is 2.81. The summed E-state index contributed by atoms with van der Waals surface area (Å²) in [6, 6.07) is 9.34. The minimum atomic E-state index is -3.62. The predicted octanol–water partition coefficient (Wildman–Crippen LogP) is 1.23. The number of nitrogens with zero attached hydrogens (tertiary/aromatic N) is 1. The summed E-state index contributed by atoms with van der Waals surface area (Å²) in [6.45, 7) is 0.897. The standard InChI is InChI=1S/C22H25N3O7S/c1-31-11-12-32-22(28)25-10-8-19-16(15-25)14-18(21(27)24-19)20(26)23-9-5-13-33(29,30)17-6-3-2-4-7-17/h2-7,13-14H,8-12,15H2,1H3,(H,23,26)(H,24,27)/b13-5+. The number of benzene rings is 1. The molecular formula is C22H25N3O7S. The van der Waals surface area contributed by atoms with E-state index >= 15 is 0 Å². The molecular weight excluding hydrogens is 450 g/mol. The predicted molar refractivity (Wildman–Crippen MR) is 120 cm³/mol. The van der Waals surface area contributed by atoms with Crippen LogP contribution in [0, 0.1) is 0 Å². The summed E-state index contributed by atoms with van der Waals surface area (Å²) in [5.41, 5.74) is 0.620. The molecule has 0 fully saturated rings. The number of sulfone groups is 1. The highest BCUT2D eigenvalue weighted by atomic mass is 32.2. The van der Waals surface area contributed by atoms with Crippen LogP contribution >= 0.6 is 0 Å². The van der Waals surface area contributed by atoms with Gasteiger partial charge in [-0.3, -0.25) is 9.59 Å². The Balaban J connectivity index is 1.63. The number of carbonyl (C=O) groups excluding carboxylic acids is 2. The summed E-state index contributed by atoms with van der Waals surface area (Å²) >= 11 is 0. The van der Waals surface area contributed by atoms with Gasteiger partial charge in [-0.15, -0.1) is 0 Å². The number of aromatic nitrogens is 1. The summed E-state index contributed by atoms with van der Waals surface area (Å²) in [4.78, 5) is 41.3. The summed E-state index contributed by atoms with van der Waals surface area (Å²) in [7, 11) is -2.12. The van der Waals surface area contributed by atoms with E-state index in [0.717, 1.165) is 5.41 Å². The summed E-state index contributed by atoms with van der Waals surface area (Å²) in [6.07, 6.45) is 1.22. The molecule has 10 nitrogen and oxygen atoms in total. The summed E-state index contributed by atoms with van der Waals surface area (Å²) in [5, 5.41) is 3.52. The van der Waals surface area contributed by atoms with Crippen molar-refractivity contribution in [3.05, 3.63) is 75.1 Å². The van der Waals surface area contributed by atoms with E-state index in [4.69, 9.17) is 9.47 Å². The number of nitrogens with one attached hydrogen (secondary N) is 2. The third kappa shape index (κ3) is 6.30. The van der Waals surface area contributed by atoms with E-state index in [9.17, 15) is 22.8 Å². The lowest BCUT2D eigenvalue weighted by Gasteiger charge is -2.28. The molecule has 2 amide bonds. The average molecular weight is 476 g/mol. The van der Waals surface area contributed by atoms with Crippen LogP contribution in [0.2, 0.25) is 0 Å². The first kappa shape index (κ1) is 24.2. The van der Waals surface area contributed by atoms with Gasteiger partial charge in [0.25, 0.3) is 11.5 Å². The molecule has 3 rings (SSSR count). The first-order valence-corrected chi connectivity index (χ1v) is 11.8. The number of methoxy groups -OCH3 is 1. The molecule has 33 heavy (non-hydrogen) atoms. The fraction of sp³-hybridized carbons (Fsp3) is 0.318. The van der Waals surface area contributed by atoms with Crippen molar-refractivity contribution in [3.63, 3.8) is 0 Å². The van der Waals surface area contributed by atoms with Crippen molar-refractivity contribution in [3.8, 4) is 0 Å². The quantitative estimate of drug-likeness (QED) is 0.548. The molecule has 2 heterocycles. The molecule has 11 heteroatoms. The van der Waals surface area contributed by atoms with E-state index in [1.54, 1.807) is 18.2 Å². The molecule has 2 aromatic rings. The van der Waals surface area contributed by atoms with Gasteiger partial charge in [-0.05, 0) is 23.8 Å². The number of aromatic amines is 1. The summed E-state index contributed by atoms with van der Waals surface area (Å²) < 4.78 is 34.4. The van der Waals surface area contributed by atoms with Crippen LogP contribution < -0.4 is 10.9 Å². The number of rotatable bonds is 8. The second-order valence-electron chi connectivity index (χ2n) is 7.23. The molecule has 0 unspecified atom stereocenters. The fourth-order valence-corrected chi connectivity index (χ4v) is 4.29. The van der Waals surface area contributed by atoms with Crippen molar-refractivity contribution in [2.45, 2.75) is 17.9 Å². The SMILES string of the molecule is COCCOC(=O)N1CCc2[nH]c(=O)c(C(=O)NC/C=C/S(=O)(=O)c3ccccc3)cc2C1. The fourth-order valence-electron chi connectivity index (χ4n) is 3.25. The maximum absolute atomic E-state index is 12.5. The molecule has 0 saturated heterocycles. The van der Waals surface area contributed by atoms with Crippen molar-refractivity contribution < 1.29 is 27.5 Å². The van der Waals surface area contributed by atoms with Crippen molar-refractivity contribution in [2.75, 3.05) is 33.4 Å². The molecule has 0 saturated carbocycles. The lowest BCUT2D eigenvalue weighted by atomic mass is 10.0. The Hall–Kier alpha value is -3.44. The monoisotopic (exact) mass is 475 g/mol. The summed E-state index contributed by atoms with van der Waals surface area (Å²) in [5.74, 6) is -0.652. The second-order valence-corrected chi connectivity index (χ2v) is 9.07. The van der Waals surface area contributed by atoms with Crippen molar-refractivity contribution >= 4 is 21.8 Å². The van der Waals surface area contributed by atoms with Gasteiger partial charge in [0.1, 0.15) is 12.2 Å². The Morgan fingerprint density at radius 1 is 1.21 bits per heavy atom. The molecule has 0 atom stereocenters. The van der Waals surface area contributed by atoms with Gasteiger partial charge in [0.2, 0.25) is 0 Å². The van der Waals surface area contributed by atoms with E-state index in [2.05, 4.69) is 10.3 Å². The third-order valence-electron chi connectivity index (χ3n) is 4.95. The number of hydrogen-bond acceptors (Lipinski definition) is 7. The van der Waals surface area contributed by atoms with Crippen LogP contribution in [0.25, 0.3) is 0 Å². The zero-order chi connectivity index (χ0) is 23.8. The highest BCUT2D eigenvalue weighted by Gasteiger charge is 2.24. The first-order valence-electron chi connectivity index (χ1n) is 10.2. The Morgan fingerprint density at radius 3 is 2.70 bits per heavy atom. The first-order chi connectivity index (χ1) is 15.8. The molecule has 0 aliphatic carbocycles. The van der Waals surface area contributed by atoms with Gasteiger partial charge in [-0.2, -0.15) is 0 Å². The van der Waals surface area contributed by atoms with Crippen LogP contribution in [-0.4, -0.2) is 63.7 Å². The third-order valence-corrected chi connectivity index (χ3v) is 6.43. The van der Waals surface area contributed by atoms with Crippen LogP contribution in [-0.2, 0) is 32.3 Å². The van der Waals surface area contributed by atoms with Crippen LogP contribution in [0.4, 0.5) is 4.79 Å². The number of H-pyrrole nitrogens is 1. The Bertz CT molecular complexity index is 1190. The largest absolute Gasteiger partial charge is 0.447 e. The van der Waals surface area contributed by atoms with E-state index in [-0.39, 0.29) is 36.8 Å². The molecule has 1 aliphatic heterocycles. The molecule has 0 radical (unpaired) electrons. The number of ether oxygens (including phenoxy) is 2. The number of pyridine rings is 1. The topological polar surface area (TPSA) is 135 Å². The van der Waals surface area contributed by atoms with E-state index in [1.807, 2.05) is 0 Å². The van der Waals surface area contributed by atoms with Gasteiger partial charge in [-0.25, -0.2) is 13.2 Å². The molecule has 0 bridgehead atoms. The van der Waals surface area contributed by atoms with Crippen LogP contribution in [0.1, 0.15) is 21.6 Å². The maximum Gasteiger partial charge on any atom is 0.410 e. The van der Waals surface area contributed by atoms with Gasteiger partial charge < -0.3 is 24.7 Å². The molecule has 1 aromatic carbocycles. The highest BCUT2D eigenvalue weighted by molar-refractivity contribution is 7.94. The molecule has 176 valence electrons. The van der Waals surface area contributed by atoms with E-state index in [0.29, 0.717) is 24.2 Å². The number of fused-ring (bicyclic) bond motifs is 1. The minimum absolute atomic E-state index is 0.0840. The Labute approximate surface area is 191 Å². The van der Waals surface area contributed by atoms with Crippen molar-refractivity contribution in [1.29, 1.82) is 0 Å². The lowest BCUT2D eigenvalue weighted by molar-refractivity contribution is 0.0686. The van der Waals surface area contributed by atoms with E-state index in [1.165, 1.54) is 36.3 Å². The minimum Gasteiger partial charge on any atom is -0.447 e. The Kier molecular flexibility index (Phi) is 8.01. The maximum atomic E-state index is 12.5. The van der Waals surface area contributed by atoms with Gasteiger partial charge in [-0.1, -0.05) is 24.3 Å². The number of amides is 2. The van der Waals surface area contributed by atoms with Crippen LogP contribution in [0.3, 0.4) is 0 Å². The smallest absolute Gasteiger partial charge is 0.410 e. The molecule has 2 N–H and O–H groups in total. The van der Waals surface area contributed by atoms with Crippen molar-refractivity contribution in [2.24, 2.45) is 0 Å². The van der Waals surface area contributed by atoms with Crippen LogP contribution in [0.15, 0.2) is 57.6 Å². The molecule has 0 spiro atoms. The van der Waals surface area contributed by atoms with Crippen LogP contribution in [0.5, 0.6) is 0 Å². The lowest BCUT2D eigenvalue weighted by Crippen LogP contribution is -2.39. The second kappa shape index (κ2) is 10.9. The van der Waals surface area contributed by atoms with Gasteiger partial charge in [0.05, 0.1) is 18.0 Å². The molecule has 1 aromatic heterocycles. The van der Waals surface area contributed by atoms with E-state index < -0.39 is 27.4 Å². The van der Waals surface area contributed by atoms with Gasteiger partial charge in [0, 0.05) is 37.7 Å². The normalized spacial score (nSPS) is 13.5. The van der Waals surface area contributed by atoms with Gasteiger partial charge in [0.15, 0.2) is 9.84 Å². The Morgan fingerprint density at radius 2 is 1.97 bits per heavy atom. The highest BCUT2D eigenvalue weighted by Crippen LogP contribution is 2.17. The zero-order valence-electron chi connectivity index (χ0n) is 18.1.